The first kappa shape index (κ1) is 24.4. The predicted octanol–water partition coefficient (Wildman–Crippen LogP) is 3.20. The average molecular weight is 508 g/mol. The van der Waals surface area contributed by atoms with Gasteiger partial charge in [-0.25, -0.2) is 9.97 Å². The van der Waals surface area contributed by atoms with Crippen molar-refractivity contribution in [1.29, 1.82) is 0 Å². The van der Waals surface area contributed by atoms with Gasteiger partial charge in [0.25, 0.3) is 0 Å². The number of aliphatic hydroxyl groups excluding tert-OH is 2. The van der Waals surface area contributed by atoms with Crippen molar-refractivity contribution in [2.75, 3.05) is 10.6 Å². The molecule has 1 fully saturated rings. The monoisotopic (exact) mass is 507 g/mol. The van der Waals surface area contributed by atoms with Crippen molar-refractivity contribution in [1.82, 2.24) is 24.9 Å². The third-order valence-corrected chi connectivity index (χ3v) is 7.53. The largest absolute Gasteiger partial charge is 0.390 e. The minimum Gasteiger partial charge on any atom is -0.390 e. The zero-order valence-electron chi connectivity index (χ0n) is 20.5. The smallest absolute Gasteiger partial charge is 0.229 e. The highest BCUT2D eigenvalue weighted by Crippen LogP contribution is 2.39. The van der Waals surface area contributed by atoms with Crippen molar-refractivity contribution in [2.24, 2.45) is 5.92 Å². The van der Waals surface area contributed by atoms with Crippen molar-refractivity contribution in [2.45, 2.75) is 58.0 Å². The topological polar surface area (TPSA) is 149 Å². The van der Waals surface area contributed by atoms with Gasteiger partial charge in [0.05, 0.1) is 34.2 Å². The Bertz CT molecular complexity index is 1350. The van der Waals surface area contributed by atoms with Gasteiger partial charge in [0, 0.05) is 35.4 Å². The minimum absolute atomic E-state index is 0.362. The average Bonchev–Trinajstić information content (AvgIpc) is 3.35. The van der Waals surface area contributed by atoms with E-state index in [1.54, 1.807) is 32.4 Å². The zero-order valence-corrected chi connectivity index (χ0v) is 21.3. The molecule has 5 N–H and O–H groups in total. The quantitative estimate of drug-likeness (QED) is 0.263. The number of rotatable bonds is 6. The van der Waals surface area contributed by atoms with Crippen molar-refractivity contribution >= 4 is 39.0 Å². The molecule has 10 nitrogen and oxygen atoms in total. The van der Waals surface area contributed by atoms with Crippen LogP contribution in [0.5, 0.6) is 0 Å². The van der Waals surface area contributed by atoms with Gasteiger partial charge in [-0.15, -0.1) is 11.3 Å². The maximum absolute atomic E-state index is 10.8. The highest BCUT2D eigenvalue weighted by Gasteiger charge is 2.47. The van der Waals surface area contributed by atoms with Crippen molar-refractivity contribution < 1.29 is 15.3 Å². The van der Waals surface area contributed by atoms with Crippen LogP contribution in [0.1, 0.15) is 31.7 Å². The number of anilines is 3. The van der Waals surface area contributed by atoms with Gasteiger partial charge < -0.3 is 26.0 Å². The highest BCUT2D eigenvalue weighted by molar-refractivity contribution is 7.21. The van der Waals surface area contributed by atoms with E-state index in [0.29, 0.717) is 28.8 Å². The Labute approximate surface area is 212 Å². The van der Waals surface area contributed by atoms with Gasteiger partial charge in [-0.2, -0.15) is 4.98 Å². The van der Waals surface area contributed by atoms with Gasteiger partial charge in [0.2, 0.25) is 5.95 Å². The van der Waals surface area contributed by atoms with Crippen molar-refractivity contribution in [3.63, 3.8) is 0 Å². The Hall–Kier alpha value is -3.25. The van der Waals surface area contributed by atoms with E-state index in [1.807, 2.05) is 32.0 Å². The summed E-state index contributed by atoms with van der Waals surface area (Å²) in [7, 11) is 0. The third kappa shape index (κ3) is 4.87. The molecule has 1 aliphatic carbocycles. The van der Waals surface area contributed by atoms with Crippen LogP contribution in [-0.4, -0.2) is 64.1 Å². The Morgan fingerprint density at radius 1 is 1.03 bits per heavy atom. The van der Waals surface area contributed by atoms with Gasteiger partial charge in [-0.1, -0.05) is 0 Å². The molecule has 0 aliphatic heterocycles. The molecule has 4 aromatic heterocycles. The van der Waals surface area contributed by atoms with E-state index in [2.05, 4.69) is 25.6 Å². The molecular formula is C25H29N7O3S. The molecule has 11 heteroatoms. The summed E-state index contributed by atoms with van der Waals surface area (Å²) in [5.74, 6) is 0.333. The van der Waals surface area contributed by atoms with E-state index < -0.39 is 29.8 Å². The second-order valence-corrected chi connectivity index (χ2v) is 10.8. The summed E-state index contributed by atoms with van der Waals surface area (Å²) in [4.78, 5) is 22.5. The number of fused-ring (bicyclic) bond motifs is 1. The summed E-state index contributed by atoms with van der Waals surface area (Å²) in [6.07, 6.45) is 3.34. The Balaban J connectivity index is 1.52. The van der Waals surface area contributed by atoms with Crippen molar-refractivity contribution in [3.8, 4) is 10.6 Å². The molecule has 5 rings (SSSR count). The van der Waals surface area contributed by atoms with Gasteiger partial charge in [0.1, 0.15) is 22.4 Å². The van der Waals surface area contributed by atoms with E-state index >= 15 is 0 Å². The second-order valence-electron chi connectivity index (χ2n) is 9.81. The molecule has 4 atom stereocenters. The molecule has 1 saturated carbocycles. The van der Waals surface area contributed by atoms with E-state index in [9.17, 15) is 15.3 Å². The molecule has 4 heterocycles. The summed E-state index contributed by atoms with van der Waals surface area (Å²) < 4.78 is 0.981. The number of hydrogen-bond donors (Lipinski definition) is 5. The number of nitrogens with one attached hydrogen (secondary N) is 2. The second kappa shape index (κ2) is 9.32. The summed E-state index contributed by atoms with van der Waals surface area (Å²) in [5, 5.41) is 39.1. The van der Waals surface area contributed by atoms with Gasteiger partial charge in [-0.05, 0) is 52.3 Å². The van der Waals surface area contributed by atoms with Crippen LogP contribution in [0.25, 0.3) is 20.8 Å². The molecule has 4 aromatic rings. The summed E-state index contributed by atoms with van der Waals surface area (Å²) in [6, 6.07) is 5.19. The van der Waals surface area contributed by atoms with Crippen LogP contribution in [0.4, 0.5) is 17.5 Å². The van der Waals surface area contributed by atoms with E-state index in [1.165, 1.54) is 11.3 Å². The van der Waals surface area contributed by atoms with Crippen LogP contribution >= 0.6 is 11.3 Å². The fourth-order valence-corrected chi connectivity index (χ4v) is 5.64. The molecule has 36 heavy (non-hydrogen) atoms. The van der Waals surface area contributed by atoms with Gasteiger partial charge in [0.15, 0.2) is 0 Å². The lowest BCUT2D eigenvalue weighted by atomic mass is 9.88. The fraction of sp³-hybridized carbons (Fsp3) is 0.400. The van der Waals surface area contributed by atoms with E-state index in [0.717, 1.165) is 27.3 Å². The number of thiazole rings is 1. The lowest BCUT2D eigenvalue weighted by Crippen LogP contribution is -2.40. The first-order valence-corrected chi connectivity index (χ1v) is 12.6. The van der Waals surface area contributed by atoms with E-state index in [-0.39, 0.29) is 0 Å². The van der Waals surface area contributed by atoms with Crippen LogP contribution in [0.3, 0.4) is 0 Å². The first-order valence-electron chi connectivity index (χ1n) is 11.7. The highest BCUT2D eigenvalue weighted by atomic mass is 32.1. The molecule has 0 spiro atoms. The van der Waals surface area contributed by atoms with Gasteiger partial charge in [-0.3, -0.25) is 9.97 Å². The molecule has 188 valence electrons. The molecule has 1 unspecified atom stereocenters. The molecule has 1 aliphatic rings. The maximum Gasteiger partial charge on any atom is 0.229 e. The SMILES string of the molecule is Cc1cc(Nc2ncc(-c3nc4cnccc4s3)c(N[C@@H]3CC(C(C)(C)O)[C@@H](O)[C@H]3O)n2)cc(C)n1. The number of nitrogens with zero attached hydrogens (tertiary/aromatic N) is 5. The first-order chi connectivity index (χ1) is 17.1. The third-order valence-electron chi connectivity index (χ3n) is 6.46. The summed E-state index contributed by atoms with van der Waals surface area (Å²) >= 11 is 1.49. The number of aryl methyl sites for hydroxylation is 2. The van der Waals surface area contributed by atoms with Crippen LogP contribution in [0.15, 0.2) is 36.8 Å². The van der Waals surface area contributed by atoms with Crippen LogP contribution < -0.4 is 10.6 Å². The maximum atomic E-state index is 10.8. The Morgan fingerprint density at radius 2 is 1.78 bits per heavy atom. The standard InChI is InChI=1S/C25H29N7O3S/c1-12-7-14(8-13(2)28-12)29-24-27-10-15(23-31-18-11-26-6-5-19(18)36-23)22(32-24)30-17-9-16(25(3,4)35)20(33)21(17)34/h5-8,10-11,16-17,20-21,33-35H,9H2,1-4H3,(H2,27,28,29,30,32)/t16?,17-,20-,21+/m1/s1. The number of pyridine rings is 2. The van der Waals surface area contributed by atoms with Crippen LogP contribution in [-0.2, 0) is 0 Å². The summed E-state index contributed by atoms with van der Waals surface area (Å²) in [6.45, 7) is 7.12. The fourth-order valence-electron chi connectivity index (χ4n) is 4.69. The lowest BCUT2D eigenvalue weighted by molar-refractivity contribution is -0.0601. The van der Waals surface area contributed by atoms with Crippen LogP contribution in [0.2, 0.25) is 0 Å². The number of hydrogen-bond acceptors (Lipinski definition) is 11. The molecular weight excluding hydrogens is 478 g/mol. The molecule has 0 saturated heterocycles. The Kier molecular flexibility index (Phi) is 6.33. The Morgan fingerprint density at radius 3 is 2.44 bits per heavy atom. The molecule has 0 aromatic carbocycles. The molecule has 0 amide bonds. The van der Waals surface area contributed by atoms with Gasteiger partial charge >= 0.3 is 0 Å². The molecule has 0 bridgehead atoms. The van der Waals surface area contributed by atoms with Crippen molar-refractivity contribution in [3.05, 3.63) is 48.2 Å². The summed E-state index contributed by atoms with van der Waals surface area (Å²) in [5.41, 5.74) is 2.84. The van der Waals surface area contributed by atoms with E-state index in [4.69, 9.17) is 9.97 Å². The number of aromatic nitrogens is 5. The normalized spacial score (nSPS) is 22.2. The van der Waals surface area contributed by atoms with Crippen LogP contribution in [0, 0.1) is 19.8 Å². The number of aliphatic hydroxyl groups is 3. The lowest BCUT2D eigenvalue weighted by Gasteiger charge is -2.28. The zero-order chi connectivity index (χ0) is 25.6. The minimum atomic E-state index is -1.14. The predicted molar refractivity (Wildman–Crippen MR) is 139 cm³/mol. The molecule has 0 radical (unpaired) electrons.